The Kier molecular flexibility index (Phi) is 10.2. The van der Waals surface area contributed by atoms with Crippen LogP contribution in [0.2, 0.25) is 0 Å². The molecule has 11 heteroatoms. The maximum absolute atomic E-state index is 12.6. The molecule has 0 saturated heterocycles. The number of benzene rings is 1. The molecule has 2 aromatic heterocycles. The van der Waals surface area contributed by atoms with Gasteiger partial charge in [-0.05, 0) is 70.3 Å². The predicted octanol–water partition coefficient (Wildman–Crippen LogP) is 4.68. The lowest BCUT2D eigenvalue weighted by atomic mass is 10.1. The van der Waals surface area contributed by atoms with Crippen molar-refractivity contribution in [1.29, 1.82) is 0 Å². The number of aromatic nitrogens is 3. The van der Waals surface area contributed by atoms with Gasteiger partial charge in [0.1, 0.15) is 11.0 Å². The molecule has 0 radical (unpaired) electrons. The molecule has 0 bridgehead atoms. The summed E-state index contributed by atoms with van der Waals surface area (Å²) >= 11 is 1.42. The van der Waals surface area contributed by atoms with Crippen molar-refractivity contribution in [2.24, 2.45) is 0 Å². The Morgan fingerprint density at radius 2 is 1.95 bits per heavy atom. The van der Waals surface area contributed by atoms with Gasteiger partial charge in [-0.1, -0.05) is 37.2 Å². The molecule has 1 aromatic carbocycles. The van der Waals surface area contributed by atoms with E-state index in [9.17, 15) is 8.42 Å². The van der Waals surface area contributed by atoms with Gasteiger partial charge in [0, 0.05) is 23.5 Å². The molecule has 0 atom stereocenters. The molecule has 1 aliphatic carbocycles. The number of terminal acetylenes is 1. The minimum Gasteiger partial charge on any atom is -0.339 e. The molecule has 0 amide bonds. The monoisotopic (exact) mass is 539 g/mol. The molecule has 9 nitrogen and oxygen atoms in total. The number of anilines is 3. The first-order valence-electron chi connectivity index (χ1n) is 12.1. The van der Waals surface area contributed by atoms with Crippen molar-refractivity contribution in [1.82, 2.24) is 24.6 Å². The molecule has 0 saturated carbocycles. The highest BCUT2D eigenvalue weighted by atomic mass is 32.2. The Hall–Kier alpha value is -3.30. The lowest BCUT2D eigenvalue weighted by Crippen LogP contribution is -2.28. The van der Waals surface area contributed by atoms with E-state index in [0.717, 1.165) is 34.6 Å². The van der Waals surface area contributed by atoms with Crippen LogP contribution < -0.4 is 15.4 Å². The predicted molar refractivity (Wildman–Crippen MR) is 153 cm³/mol. The second-order valence-corrected chi connectivity index (χ2v) is 11.1. The summed E-state index contributed by atoms with van der Waals surface area (Å²) in [5.74, 6) is 3.26. The van der Waals surface area contributed by atoms with Crippen molar-refractivity contribution in [3.05, 3.63) is 58.9 Å². The third-order valence-electron chi connectivity index (χ3n) is 5.28. The first kappa shape index (κ1) is 28.3. The van der Waals surface area contributed by atoms with Crippen molar-refractivity contribution in [2.75, 3.05) is 37.8 Å². The fourth-order valence-electron chi connectivity index (χ4n) is 3.50. The van der Waals surface area contributed by atoms with E-state index in [1.807, 2.05) is 57.1 Å². The van der Waals surface area contributed by atoms with Crippen LogP contribution in [0.1, 0.15) is 38.7 Å². The Balaban J connectivity index is 0.00000186. The third-order valence-corrected chi connectivity index (χ3v) is 7.86. The zero-order valence-corrected chi connectivity index (χ0v) is 23.2. The Bertz CT molecular complexity index is 1420. The summed E-state index contributed by atoms with van der Waals surface area (Å²) in [4.78, 5) is 15.6. The van der Waals surface area contributed by atoms with Gasteiger partial charge in [0.05, 0.1) is 4.91 Å². The van der Waals surface area contributed by atoms with E-state index in [-0.39, 0.29) is 0 Å². The average molecular weight is 540 g/mol. The molecule has 0 spiro atoms. The first-order chi connectivity index (χ1) is 17.8. The molecule has 3 N–H and O–H groups in total. The molecule has 0 unspecified atom stereocenters. The van der Waals surface area contributed by atoms with Gasteiger partial charge in [0.15, 0.2) is 16.6 Å². The zero-order valence-electron chi connectivity index (χ0n) is 21.6. The van der Waals surface area contributed by atoms with Gasteiger partial charge in [0.2, 0.25) is 10.0 Å². The number of hydrogen-bond donors (Lipinski definition) is 3. The van der Waals surface area contributed by atoms with E-state index in [0.29, 0.717) is 40.9 Å². The number of nitrogens with one attached hydrogen (secondary N) is 3. The highest BCUT2D eigenvalue weighted by molar-refractivity contribution is 7.93. The highest BCUT2D eigenvalue weighted by Crippen LogP contribution is 2.33. The number of rotatable bonds is 10. The minimum absolute atomic E-state index is 0.392. The van der Waals surface area contributed by atoms with Crippen molar-refractivity contribution >= 4 is 48.3 Å². The molecule has 4 rings (SSSR count). The van der Waals surface area contributed by atoms with Gasteiger partial charge >= 0.3 is 0 Å². The summed E-state index contributed by atoms with van der Waals surface area (Å²) < 4.78 is 28.6. The molecule has 0 aliphatic heterocycles. The molecule has 0 fully saturated rings. The number of fused-ring (bicyclic) bond motifs is 1. The van der Waals surface area contributed by atoms with Crippen LogP contribution in [0, 0.1) is 12.3 Å². The Labute approximate surface area is 223 Å². The maximum Gasteiger partial charge on any atom is 0.236 e. The van der Waals surface area contributed by atoms with E-state index in [4.69, 9.17) is 6.42 Å². The van der Waals surface area contributed by atoms with Gasteiger partial charge in [-0.3, -0.25) is 0 Å². The SMILES string of the molecule is C#Cc1cccc(Nc2ncnc3nc(NC4=CC=C(S(=O)(=O)NCCCN(C)C)CC4)sc23)c1.CC. The van der Waals surface area contributed by atoms with Crippen LogP contribution in [0.4, 0.5) is 16.6 Å². The second-order valence-electron chi connectivity index (χ2n) is 8.25. The van der Waals surface area contributed by atoms with Gasteiger partial charge in [-0.25, -0.2) is 23.1 Å². The van der Waals surface area contributed by atoms with E-state index in [1.54, 1.807) is 12.2 Å². The largest absolute Gasteiger partial charge is 0.339 e. The maximum atomic E-state index is 12.6. The number of hydrogen-bond acceptors (Lipinski definition) is 9. The average Bonchev–Trinajstić information content (AvgIpc) is 3.32. The van der Waals surface area contributed by atoms with Crippen LogP contribution in [-0.4, -0.2) is 55.5 Å². The molecular weight excluding hydrogens is 506 g/mol. The highest BCUT2D eigenvalue weighted by Gasteiger charge is 2.20. The van der Waals surface area contributed by atoms with Crippen LogP contribution in [0.15, 0.2) is 53.3 Å². The van der Waals surface area contributed by atoms with Crippen molar-refractivity contribution in [3.8, 4) is 12.3 Å². The topological polar surface area (TPSA) is 112 Å². The first-order valence-corrected chi connectivity index (χ1v) is 14.4. The van der Waals surface area contributed by atoms with Crippen molar-refractivity contribution in [2.45, 2.75) is 33.1 Å². The van der Waals surface area contributed by atoms with Crippen LogP contribution in [-0.2, 0) is 10.0 Å². The van der Waals surface area contributed by atoms with Gasteiger partial charge in [0.25, 0.3) is 0 Å². The molecule has 2 heterocycles. The van der Waals surface area contributed by atoms with Gasteiger partial charge in [-0.15, -0.1) is 6.42 Å². The van der Waals surface area contributed by atoms with Crippen LogP contribution in [0.25, 0.3) is 10.3 Å². The molecule has 3 aromatic rings. The lowest BCUT2D eigenvalue weighted by Gasteiger charge is -2.16. The van der Waals surface area contributed by atoms with E-state index in [2.05, 4.69) is 36.2 Å². The fraction of sp³-hybridized carbons (Fsp3) is 0.346. The third kappa shape index (κ3) is 7.84. The van der Waals surface area contributed by atoms with Crippen molar-refractivity contribution in [3.63, 3.8) is 0 Å². The Morgan fingerprint density at radius 1 is 1.14 bits per heavy atom. The van der Waals surface area contributed by atoms with Crippen LogP contribution in [0.5, 0.6) is 0 Å². The number of allylic oxidation sites excluding steroid dienone is 4. The smallest absolute Gasteiger partial charge is 0.236 e. The van der Waals surface area contributed by atoms with E-state index >= 15 is 0 Å². The normalized spacial score (nSPS) is 13.3. The second kappa shape index (κ2) is 13.3. The van der Waals surface area contributed by atoms with E-state index in [1.165, 1.54) is 17.7 Å². The molecular formula is C26H33N7O2S2. The summed E-state index contributed by atoms with van der Waals surface area (Å²) in [6, 6.07) is 7.53. The van der Waals surface area contributed by atoms with Crippen LogP contribution in [0.3, 0.4) is 0 Å². The number of thiazole rings is 1. The number of sulfonamides is 1. The summed E-state index contributed by atoms with van der Waals surface area (Å²) in [6.45, 7) is 5.25. The molecule has 196 valence electrons. The Morgan fingerprint density at radius 3 is 2.65 bits per heavy atom. The summed E-state index contributed by atoms with van der Waals surface area (Å²) in [7, 11) is 0.458. The van der Waals surface area contributed by atoms with E-state index < -0.39 is 10.0 Å². The fourth-order valence-corrected chi connectivity index (χ4v) is 5.61. The standard InChI is InChI=1S/C24H27N7O2S2.C2H6/c1-4-17-7-5-8-19(15-17)28-22-21-23(26-16-25-22)30-24(34-21)29-18-9-11-20(12-10-18)35(32,33)27-13-6-14-31(2)3;1-2/h1,5,7-9,11,15-16,27H,6,10,12-14H2,2-3H3,(H2,25,26,28,29,30);1-2H3. The lowest BCUT2D eigenvalue weighted by molar-refractivity contribution is 0.400. The summed E-state index contributed by atoms with van der Waals surface area (Å²) in [5.41, 5.74) is 3.06. The quantitative estimate of drug-likeness (QED) is 0.251. The van der Waals surface area contributed by atoms with Crippen molar-refractivity contribution < 1.29 is 8.42 Å². The zero-order chi connectivity index (χ0) is 26.8. The van der Waals surface area contributed by atoms with Gasteiger partial charge < -0.3 is 15.5 Å². The summed E-state index contributed by atoms with van der Waals surface area (Å²) in [6.07, 6.45) is 12.1. The minimum atomic E-state index is -3.47. The molecule has 1 aliphatic rings. The van der Waals surface area contributed by atoms with Crippen LogP contribution >= 0.6 is 11.3 Å². The molecule has 37 heavy (non-hydrogen) atoms. The van der Waals surface area contributed by atoms with Gasteiger partial charge in [-0.2, -0.15) is 4.98 Å². The summed E-state index contributed by atoms with van der Waals surface area (Å²) in [5, 5.41) is 7.24. The number of nitrogens with zero attached hydrogens (tertiary/aromatic N) is 4.